The second-order valence-corrected chi connectivity index (χ2v) is 4.34. The van der Waals surface area contributed by atoms with E-state index in [1.807, 2.05) is 24.3 Å². The smallest absolute Gasteiger partial charge is 0.0721 e. The van der Waals surface area contributed by atoms with Gasteiger partial charge in [0.2, 0.25) is 0 Å². The average molecular weight is 226 g/mol. The summed E-state index contributed by atoms with van der Waals surface area (Å²) in [6.45, 7) is 2.79. The number of hydrogen-bond acceptors (Lipinski definition) is 2. The van der Waals surface area contributed by atoms with Gasteiger partial charge in [-0.3, -0.25) is 0 Å². The zero-order chi connectivity index (χ0) is 10.5. The van der Waals surface area contributed by atoms with Gasteiger partial charge in [0.25, 0.3) is 0 Å². The molecule has 3 heteroatoms. The van der Waals surface area contributed by atoms with E-state index in [4.69, 9.17) is 16.3 Å². The standard InChI is InChI=1S/C12H16ClNO/c13-11-5-3-10(4-6-11)9-15-12-2-1-7-14-8-12/h3-6,12,14H,1-2,7-9H2/t12-/m0/s1. The molecule has 0 aromatic heterocycles. The first-order chi connectivity index (χ1) is 7.34. The van der Waals surface area contributed by atoms with Crippen LogP contribution in [0.2, 0.25) is 5.02 Å². The molecule has 1 fully saturated rings. The third-order valence-electron chi connectivity index (χ3n) is 2.65. The fourth-order valence-electron chi connectivity index (χ4n) is 1.76. The molecule has 1 aliphatic heterocycles. The topological polar surface area (TPSA) is 21.3 Å². The fraction of sp³-hybridized carbons (Fsp3) is 0.500. The number of hydrogen-bond donors (Lipinski definition) is 1. The van der Waals surface area contributed by atoms with Crippen LogP contribution in [0.25, 0.3) is 0 Å². The van der Waals surface area contributed by atoms with E-state index in [1.54, 1.807) is 0 Å². The van der Waals surface area contributed by atoms with Crippen LogP contribution in [-0.4, -0.2) is 19.2 Å². The van der Waals surface area contributed by atoms with E-state index in [-0.39, 0.29) is 0 Å². The summed E-state index contributed by atoms with van der Waals surface area (Å²) in [7, 11) is 0. The molecule has 2 nitrogen and oxygen atoms in total. The minimum Gasteiger partial charge on any atom is -0.372 e. The summed E-state index contributed by atoms with van der Waals surface area (Å²) < 4.78 is 5.80. The zero-order valence-corrected chi connectivity index (χ0v) is 9.46. The van der Waals surface area contributed by atoms with E-state index < -0.39 is 0 Å². The summed E-state index contributed by atoms with van der Waals surface area (Å²) in [4.78, 5) is 0. The lowest BCUT2D eigenvalue weighted by Crippen LogP contribution is -2.35. The molecule has 0 bridgehead atoms. The second-order valence-electron chi connectivity index (χ2n) is 3.91. The highest BCUT2D eigenvalue weighted by atomic mass is 35.5. The van der Waals surface area contributed by atoms with Crippen LogP contribution >= 0.6 is 11.6 Å². The molecule has 1 aliphatic rings. The van der Waals surface area contributed by atoms with E-state index in [1.165, 1.54) is 18.4 Å². The molecule has 1 heterocycles. The van der Waals surface area contributed by atoms with Crippen LogP contribution in [-0.2, 0) is 11.3 Å². The summed E-state index contributed by atoms with van der Waals surface area (Å²) in [5.74, 6) is 0. The first kappa shape index (κ1) is 10.9. The predicted molar refractivity (Wildman–Crippen MR) is 62.1 cm³/mol. The Balaban J connectivity index is 1.79. The van der Waals surface area contributed by atoms with Crippen LogP contribution < -0.4 is 5.32 Å². The number of halogens is 1. The predicted octanol–water partition coefficient (Wildman–Crippen LogP) is 2.61. The molecule has 0 radical (unpaired) electrons. The van der Waals surface area contributed by atoms with Gasteiger partial charge in [0.05, 0.1) is 12.7 Å². The highest BCUT2D eigenvalue weighted by molar-refractivity contribution is 6.30. The van der Waals surface area contributed by atoms with Gasteiger partial charge in [-0.15, -0.1) is 0 Å². The van der Waals surface area contributed by atoms with Gasteiger partial charge in [-0.05, 0) is 37.1 Å². The Morgan fingerprint density at radius 2 is 2.13 bits per heavy atom. The van der Waals surface area contributed by atoms with Crippen LogP contribution in [0.1, 0.15) is 18.4 Å². The maximum absolute atomic E-state index is 5.81. The maximum Gasteiger partial charge on any atom is 0.0721 e. The molecular weight excluding hydrogens is 210 g/mol. The van der Waals surface area contributed by atoms with Gasteiger partial charge in [0.1, 0.15) is 0 Å². The molecule has 82 valence electrons. The Morgan fingerprint density at radius 1 is 1.33 bits per heavy atom. The van der Waals surface area contributed by atoms with Crippen molar-refractivity contribution in [3.63, 3.8) is 0 Å². The van der Waals surface area contributed by atoms with Crippen molar-refractivity contribution >= 4 is 11.6 Å². The third-order valence-corrected chi connectivity index (χ3v) is 2.90. The third kappa shape index (κ3) is 3.49. The lowest BCUT2D eigenvalue weighted by Gasteiger charge is -2.23. The minimum absolute atomic E-state index is 0.370. The first-order valence-corrected chi connectivity index (χ1v) is 5.79. The van der Waals surface area contributed by atoms with Gasteiger partial charge >= 0.3 is 0 Å². The number of benzene rings is 1. The summed E-state index contributed by atoms with van der Waals surface area (Å²) in [6.07, 6.45) is 2.75. The van der Waals surface area contributed by atoms with Gasteiger partial charge in [-0.2, -0.15) is 0 Å². The largest absolute Gasteiger partial charge is 0.372 e. The Bertz CT molecular complexity index is 293. The number of ether oxygens (including phenoxy) is 1. The van der Waals surface area contributed by atoms with Gasteiger partial charge < -0.3 is 10.1 Å². The van der Waals surface area contributed by atoms with E-state index in [2.05, 4.69) is 5.32 Å². The Morgan fingerprint density at radius 3 is 2.80 bits per heavy atom. The van der Waals surface area contributed by atoms with Crippen molar-refractivity contribution in [2.75, 3.05) is 13.1 Å². The van der Waals surface area contributed by atoms with Crippen LogP contribution in [0.4, 0.5) is 0 Å². The lowest BCUT2D eigenvalue weighted by atomic mass is 10.1. The maximum atomic E-state index is 5.81. The van der Waals surface area contributed by atoms with Crippen molar-refractivity contribution in [1.29, 1.82) is 0 Å². The molecule has 15 heavy (non-hydrogen) atoms. The molecule has 1 saturated heterocycles. The van der Waals surface area contributed by atoms with E-state index in [0.29, 0.717) is 12.7 Å². The molecule has 0 spiro atoms. The summed E-state index contributed by atoms with van der Waals surface area (Å²) in [5.41, 5.74) is 1.19. The summed E-state index contributed by atoms with van der Waals surface area (Å²) in [6, 6.07) is 7.83. The molecule has 1 aromatic rings. The molecule has 0 aliphatic carbocycles. The molecule has 0 amide bonds. The Kier molecular flexibility index (Phi) is 4.01. The second kappa shape index (κ2) is 5.50. The molecule has 2 rings (SSSR count). The van der Waals surface area contributed by atoms with Crippen molar-refractivity contribution in [2.24, 2.45) is 0 Å². The fourth-order valence-corrected chi connectivity index (χ4v) is 1.88. The van der Waals surface area contributed by atoms with Crippen LogP contribution in [0.15, 0.2) is 24.3 Å². The first-order valence-electron chi connectivity index (χ1n) is 5.41. The van der Waals surface area contributed by atoms with Crippen LogP contribution in [0, 0.1) is 0 Å². The zero-order valence-electron chi connectivity index (χ0n) is 8.71. The van der Waals surface area contributed by atoms with Crippen molar-refractivity contribution < 1.29 is 4.74 Å². The Labute approximate surface area is 95.6 Å². The highest BCUT2D eigenvalue weighted by Crippen LogP contribution is 2.13. The lowest BCUT2D eigenvalue weighted by molar-refractivity contribution is 0.0253. The minimum atomic E-state index is 0.370. The van der Waals surface area contributed by atoms with E-state index in [0.717, 1.165) is 18.1 Å². The van der Waals surface area contributed by atoms with Gasteiger partial charge in [-0.25, -0.2) is 0 Å². The Hall–Kier alpha value is -0.570. The van der Waals surface area contributed by atoms with Crippen molar-refractivity contribution in [2.45, 2.75) is 25.6 Å². The quantitative estimate of drug-likeness (QED) is 0.854. The molecule has 0 saturated carbocycles. The van der Waals surface area contributed by atoms with E-state index in [9.17, 15) is 0 Å². The normalized spacial score (nSPS) is 21.5. The van der Waals surface area contributed by atoms with Gasteiger partial charge in [-0.1, -0.05) is 23.7 Å². The molecule has 0 unspecified atom stereocenters. The molecule has 1 atom stereocenters. The van der Waals surface area contributed by atoms with Gasteiger partial charge in [0, 0.05) is 11.6 Å². The van der Waals surface area contributed by atoms with E-state index >= 15 is 0 Å². The number of rotatable bonds is 3. The number of nitrogens with one attached hydrogen (secondary N) is 1. The van der Waals surface area contributed by atoms with Crippen molar-refractivity contribution in [3.8, 4) is 0 Å². The molecule has 1 N–H and O–H groups in total. The van der Waals surface area contributed by atoms with Crippen molar-refractivity contribution in [3.05, 3.63) is 34.9 Å². The van der Waals surface area contributed by atoms with Gasteiger partial charge in [0.15, 0.2) is 0 Å². The number of piperidine rings is 1. The average Bonchev–Trinajstić information content (AvgIpc) is 2.30. The summed E-state index contributed by atoms with van der Waals surface area (Å²) >= 11 is 5.81. The van der Waals surface area contributed by atoms with Crippen LogP contribution in [0.5, 0.6) is 0 Å². The monoisotopic (exact) mass is 225 g/mol. The summed E-state index contributed by atoms with van der Waals surface area (Å²) in [5, 5.41) is 4.11. The highest BCUT2D eigenvalue weighted by Gasteiger charge is 2.12. The molecular formula is C12H16ClNO. The SMILES string of the molecule is Clc1ccc(CO[C@H]2CCCNC2)cc1. The van der Waals surface area contributed by atoms with Crippen molar-refractivity contribution in [1.82, 2.24) is 5.32 Å². The van der Waals surface area contributed by atoms with Crippen LogP contribution in [0.3, 0.4) is 0 Å². The molecule has 1 aromatic carbocycles.